The van der Waals surface area contributed by atoms with Crippen molar-refractivity contribution >= 4 is 0 Å². The molecule has 2 rings (SSSR count). The monoisotopic (exact) mass is 223 g/mol. The first-order valence-electron chi connectivity index (χ1n) is 7.09. The van der Waals surface area contributed by atoms with E-state index in [1.807, 2.05) is 0 Å². The zero-order chi connectivity index (χ0) is 12.0. The van der Waals surface area contributed by atoms with Crippen LogP contribution in [-0.4, -0.2) is 12.6 Å². The first-order valence-corrected chi connectivity index (χ1v) is 7.09. The molecular weight excluding hydrogens is 194 g/mol. The van der Waals surface area contributed by atoms with Crippen molar-refractivity contribution in [3.05, 3.63) is 0 Å². The Bertz CT molecular complexity index is 232. The Labute approximate surface area is 101 Å². The predicted octanol–water partition coefficient (Wildman–Crippen LogP) is 3.84. The summed E-state index contributed by atoms with van der Waals surface area (Å²) in [5, 5.41) is 3.82. The van der Waals surface area contributed by atoms with Crippen LogP contribution in [0.25, 0.3) is 0 Å². The van der Waals surface area contributed by atoms with E-state index in [1.165, 1.54) is 32.2 Å². The zero-order valence-electron chi connectivity index (χ0n) is 11.8. The highest BCUT2D eigenvalue weighted by atomic mass is 14.9. The highest BCUT2D eigenvalue weighted by molar-refractivity contribution is 5.13. The minimum Gasteiger partial charge on any atom is -0.314 e. The van der Waals surface area contributed by atoms with E-state index in [2.05, 4.69) is 39.9 Å². The first-order chi connectivity index (χ1) is 7.35. The Hall–Kier alpha value is -0.0400. The quantitative estimate of drug-likeness (QED) is 0.766. The van der Waals surface area contributed by atoms with Crippen molar-refractivity contribution in [2.24, 2.45) is 22.7 Å². The number of hydrogen-bond donors (Lipinski definition) is 1. The van der Waals surface area contributed by atoms with E-state index >= 15 is 0 Å². The van der Waals surface area contributed by atoms with Crippen molar-refractivity contribution in [2.45, 2.75) is 66.3 Å². The zero-order valence-corrected chi connectivity index (χ0v) is 11.8. The van der Waals surface area contributed by atoms with Crippen LogP contribution in [0.3, 0.4) is 0 Å². The summed E-state index contributed by atoms with van der Waals surface area (Å²) >= 11 is 0. The molecule has 0 heterocycles. The minimum absolute atomic E-state index is 0.544. The Morgan fingerprint density at radius 2 is 1.44 bits per heavy atom. The fraction of sp³-hybridized carbons (Fsp3) is 1.00. The van der Waals surface area contributed by atoms with E-state index in [4.69, 9.17) is 0 Å². The summed E-state index contributed by atoms with van der Waals surface area (Å²) in [7, 11) is 0. The average molecular weight is 223 g/mol. The summed E-state index contributed by atoms with van der Waals surface area (Å²) in [5.41, 5.74) is 1.09. The molecule has 2 aliphatic rings. The van der Waals surface area contributed by atoms with Crippen LogP contribution in [0.5, 0.6) is 0 Å². The van der Waals surface area contributed by atoms with Crippen LogP contribution in [0.2, 0.25) is 0 Å². The summed E-state index contributed by atoms with van der Waals surface area (Å²) in [6, 6.07) is 0.809. The Balaban J connectivity index is 1.73. The molecule has 0 saturated heterocycles. The van der Waals surface area contributed by atoms with E-state index < -0.39 is 0 Å². The fourth-order valence-corrected chi connectivity index (χ4v) is 3.59. The summed E-state index contributed by atoms with van der Waals surface area (Å²) in [4.78, 5) is 0. The van der Waals surface area contributed by atoms with Crippen molar-refractivity contribution in [1.29, 1.82) is 0 Å². The molecule has 0 bridgehead atoms. The van der Waals surface area contributed by atoms with Crippen molar-refractivity contribution in [2.75, 3.05) is 6.54 Å². The minimum atomic E-state index is 0.544. The molecule has 1 nitrogen and oxygen atoms in total. The van der Waals surface area contributed by atoms with Gasteiger partial charge in [0.15, 0.2) is 0 Å². The highest BCUT2D eigenvalue weighted by Crippen LogP contribution is 2.67. The molecule has 0 spiro atoms. The molecule has 94 valence electrons. The lowest BCUT2D eigenvalue weighted by Gasteiger charge is -2.27. The third kappa shape index (κ3) is 2.03. The van der Waals surface area contributed by atoms with E-state index in [9.17, 15) is 0 Å². The molecule has 16 heavy (non-hydrogen) atoms. The van der Waals surface area contributed by atoms with Gasteiger partial charge in [-0.2, -0.15) is 0 Å². The Kier molecular flexibility index (Phi) is 3.11. The van der Waals surface area contributed by atoms with Crippen molar-refractivity contribution in [3.8, 4) is 0 Å². The van der Waals surface area contributed by atoms with Gasteiger partial charge in [0.25, 0.3) is 0 Å². The molecule has 1 N–H and O–H groups in total. The lowest BCUT2D eigenvalue weighted by molar-refractivity contribution is 0.300. The molecule has 0 radical (unpaired) electrons. The summed E-state index contributed by atoms with van der Waals surface area (Å²) < 4.78 is 0. The fourth-order valence-electron chi connectivity index (χ4n) is 3.59. The Morgan fingerprint density at radius 1 is 0.938 bits per heavy atom. The van der Waals surface area contributed by atoms with Crippen LogP contribution in [0, 0.1) is 22.7 Å². The maximum absolute atomic E-state index is 3.82. The van der Waals surface area contributed by atoms with Crippen LogP contribution in [0.15, 0.2) is 0 Å². The maximum Gasteiger partial charge on any atom is 0.00673 e. The largest absolute Gasteiger partial charge is 0.314 e. The normalized spacial score (nSPS) is 37.3. The molecule has 0 atom stereocenters. The van der Waals surface area contributed by atoms with Crippen molar-refractivity contribution in [1.82, 2.24) is 5.32 Å². The van der Waals surface area contributed by atoms with Gasteiger partial charge in [-0.15, -0.1) is 0 Å². The molecule has 2 aliphatic carbocycles. The molecule has 0 aromatic rings. The SMILES string of the molecule is CC1CCC(NCC2C(C)(C)C2(C)C)CC1. The predicted molar refractivity (Wildman–Crippen MR) is 70.5 cm³/mol. The van der Waals surface area contributed by atoms with E-state index in [0.717, 1.165) is 17.9 Å². The van der Waals surface area contributed by atoms with Gasteiger partial charge in [0.05, 0.1) is 0 Å². The molecule has 0 amide bonds. The van der Waals surface area contributed by atoms with Crippen LogP contribution in [-0.2, 0) is 0 Å². The Morgan fingerprint density at radius 3 is 1.88 bits per heavy atom. The molecule has 0 aliphatic heterocycles. The van der Waals surface area contributed by atoms with Crippen molar-refractivity contribution < 1.29 is 0 Å². The number of rotatable bonds is 3. The van der Waals surface area contributed by atoms with Gasteiger partial charge in [0.2, 0.25) is 0 Å². The molecule has 0 unspecified atom stereocenters. The molecular formula is C15H29N. The summed E-state index contributed by atoms with van der Waals surface area (Å²) in [6.07, 6.45) is 5.65. The number of hydrogen-bond acceptors (Lipinski definition) is 1. The van der Waals surface area contributed by atoms with E-state index in [0.29, 0.717) is 10.8 Å². The topological polar surface area (TPSA) is 12.0 Å². The van der Waals surface area contributed by atoms with Crippen LogP contribution >= 0.6 is 0 Å². The maximum atomic E-state index is 3.82. The van der Waals surface area contributed by atoms with Gasteiger partial charge < -0.3 is 5.32 Å². The molecule has 2 fully saturated rings. The lowest BCUT2D eigenvalue weighted by Crippen LogP contribution is -2.34. The second kappa shape index (κ2) is 4.01. The van der Waals surface area contributed by atoms with Gasteiger partial charge >= 0.3 is 0 Å². The molecule has 0 aromatic heterocycles. The number of nitrogens with one attached hydrogen (secondary N) is 1. The van der Waals surface area contributed by atoms with Crippen LogP contribution in [0.4, 0.5) is 0 Å². The van der Waals surface area contributed by atoms with Gasteiger partial charge in [0.1, 0.15) is 0 Å². The standard InChI is InChI=1S/C15H29N/c1-11-6-8-12(9-7-11)16-10-13-14(2,3)15(13,4)5/h11-13,16H,6-10H2,1-5H3. The second-order valence-corrected chi connectivity index (χ2v) is 7.36. The van der Waals surface area contributed by atoms with Gasteiger partial charge in [0, 0.05) is 6.04 Å². The average Bonchev–Trinajstić information content (AvgIpc) is 2.58. The van der Waals surface area contributed by atoms with Crippen LogP contribution < -0.4 is 5.32 Å². The smallest absolute Gasteiger partial charge is 0.00673 e. The van der Waals surface area contributed by atoms with Gasteiger partial charge in [-0.05, 0) is 54.9 Å². The first kappa shape index (κ1) is 12.4. The third-order valence-corrected chi connectivity index (χ3v) is 5.95. The van der Waals surface area contributed by atoms with Crippen molar-refractivity contribution in [3.63, 3.8) is 0 Å². The van der Waals surface area contributed by atoms with Crippen LogP contribution in [0.1, 0.15) is 60.3 Å². The van der Waals surface area contributed by atoms with Gasteiger partial charge in [-0.3, -0.25) is 0 Å². The van der Waals surface area contributed by atoms with Gasteiger partial charge in [-0.1, -0.05) is 34.6 Å². The summed E-state index contributed by atoms with van der Waals surface area (Å²) in [5.74, 6) is 1.84. The van der Waals surface area contributed by atoms with Gasteiger partial charge in [-0.25, -0.2) is 0 Å². The lowest BCUT2D eigenvalue weighted by atomic mass is 9.87. The highest BCUT2D eigenvalue weighted by Gasteiger charge is 2.63. The van der Waals surface area contributed by atoms with E-state index in [-0.39, 0.29) is 0 Å². The van der Waals surface area contributed by atoms with E-state index in [1.54, 1.807) is 0 Å². The third-order valence-electron chi connectivity index (χ3n) is 5.95. The molecule has 0 aromatic carbocycles. The molecule has 2 saturated carbocycles. The second-order valence-electron chi connectivity index (χ2n) is 7.36. The summed E-state index contributed by atoms with van der Waals surface area (Å²) in [6.45, 7) is 13.3. The molecule has 1 heteroatoms.